The maximum Gasteiger partial charge on any atom is 0.335 e. The minimum Gasteiger partial charge on any atom is -0.490 e. The first-order valence-electron chi connectivity index (χ1n) is 11.2. The Morgan fingerprint density at radius 3 is 2.33 bits per heavy atom. The number of carbonyl (C=O) groups is 3. The zero-order valence-electron chi connectivity index (χ0n) is 20.3. The Hall–Kier alpha value is -4.93. The summed E-state index contributed by atoms with van der Waals surface area (Å²) in [5.74, 6) is -2.64. The van der Waals surface area contributed by atoms with E-state index in [1.54, 1.807) is 6.92 Å². The summed E-state index contributed by atoms with van der Waals surface area (Å²) in [5.41, 5.74) is -1.22. The summed E-state index contributed by atoms with van der Waals surface area (Å²) in [7, 11) is 0. The minimum atomic E-state index is -1.00. The molecule has 4 rings (SSSR count). The molecular weight excluding hydrogens is 646 g/mol. The van der Waals surface area contributed by atoms with Gasteiger partial charge in [0.1, 0.15) is 11.4 Å². The van der Waals surface area contributed by atoms with Crippen LogP contribution < -0.4 is 19.7 Å². The van der Waals surface area contributed by atoms with Crippen molar-refractivity contribution in [2.75, 3.05) is 11.5 Å². The average Bonchev–Trinajstić information content (AvgIpc) is 2.89. The van der Waals surface area contributed by atoms with Crippen LogP contribution in [0.2, 0.25) is 0 Å². The van der Waals surface area contributed by atoms with Crippen molar-refractivity contribution in [1.29, 1.82) is 0 Å². The van der Waals surface area contributed by atoms with Crippen LogP contribution in [0.15, 0.2) is 60.2 Å². The summed E-state index contributed by atoms with van der Waals surface area (Å²) in [6, 6.07) is 9.33. The lowest BCUT2D eigenvalue weighted by Crippen LogP contribution is -2.54. The number of hydrogen-bond donors (Lipinski definition) is 1. The maximum atomic E-state index is 13.3. The number of amides is 4. The van der Waals surface area contributed by atoms with Crippen molar-refractivity contribution >= 4 is 63.6 Å². The number of nitro groups is 2. The highest BCUT2D eigenvalue weighted by Crippen LogP contribution is 2.41. The van der Waals surface area contributed by atoms with Crippen molar-refractivity contribution in [1.82, 2.24) is 5.32 Å². The number of barbiturate groups is 1. The molecule has 1 N–H and O–H groups in total. The highest BCUT2D eigenvalue weighted by Gasteiger charge is 2.37. The summed E-state index contributed by atoms with van der Waals surface area (Å²) in [6.45, 7) is 1.81. The molecule has 0 saturated carbocycles. The second-order valence-electron chi connectivity index (χ2n) is 7.97. The number of imide groups is 2. The predicted octanol–water partition coefficient (Wildman–Crippen LogP) is 5.10. The van der Waals surface area contributed by atoms with Crippen molar-refractivity contribution in [2.24, 2.45) is 0 Å². The Morgan fingerprint density at radius 2 is 1.70 bits per heavy atom. The number of ether oxygens (including phenoxy) is 2. The van der Waals surface area contributed by atoms with E-state index in [1.165, 1.54) is 30.3 Å². The molecule has 1 aliphatic rings. The zero-order chi connectivity index (χ0) is 29.1. The Kier molecular flexibility index (Phi) is 8.03. The molecule has 1 heterocycles. The second kappa shape index (κ2) is 11.4. The lowest BCUT2D eigenvalue weighted by Gasteiger charge is -2.26. The number of carbonyl (C=O) groups excluding carboxylic acids is 3. The van der Waals surface area contributed by atoms with Gasteiger partial charge in [-0.15, -0.1) is 0 Å². The summed E-state index contributed by atoms with van der Waals surface area (Å²) < 4.78 is 25.1. The van der Waals surface area contributed by atoms with Crippen molar-refractivity contribution in [3.63, 3.8) is 0 Å². The topological polar surface area (TPSA) is 171 Å². The molecule has 40 heavy (non-hydrogen) atoms. The van der Waals surface area contributed by atoms with Gasteiger partial charge in [0.05, 0.1) is 31.8 Å². The van der Waals surface area contributed by atoms with Crippen LogP contribution >= 0.6 is 22.6 Å². The summed E-state index contributed by atoms with van der Waals surface area (Å²) in [5, 5.41) is 24.6. The molecule has 1 saturated heterocycles. The fourth-order valence-electron chi connectivity index (χ4n) is 3.64. The molecule has 0 unspecified atom stereocenters. The normalized spacial score (nSPS) is 14.2. The number of halogens is 2. The second-order valence-corrected chi connectivity index (χ2v) is 9.13. The molecule has 15 heteroatoms. The van der Waals surface area contributed by atoms with Crippen LogP contribution in [0.3, 0.4) is 0 Å². The lowest BCUT2D eigenvalue weighted by atomic mass is 10.1. The molecule has 13 nitrogen and oxygen atoms in total. The van der Waals surface area contributed by atoms with Crippen LogP contribution in [0.1, 0.15) is 12.5 Å². The zero-order valence-corrected chi connectivity index (χ0v) is 22.4. The fraction of sp³-hybridized carbons (Fsp3) is 0.0800. The van der Waals surface area contributed by atoms with Crippen molar-refractivity contribution in [2.45, 2.75) is 6.92 Å². The molecule has 3 aromatic rings. The molecule has 0 aliphatic carbocycles. The number of anilines is 1. The molecule has 0 radical (unpaired) electrons. The van der Waals surface area contributed by atoms with Crippen molar-refractivity contribution < 1.29 is 38.1 Å². The SMILES string of the molecule is CCOc1cc(/C=C2\C(=O)NC(=O)N(c3ccc(F)cc3)C2=O)cc(I)c1Oc1ccc([N+](=O)[O-])cc1[N+](=O)[O-]. The number of nitro benzene ring substituents is 2. The van der Waals surface area contributed by atoms with Crippen LogP contribution in [-0.2, 0) is 9.59 Å². The molecule has 4 amide bonds. The standard InChI is InChI=1S/C25H16FIN4O9/c1-2-39-21-11-13(9-17-23(32)28-25(34)29(24(17)33)15-5-3-14(26)4-6-15)10-18(27)22(21)40-20-8-7-16(30(35)36)12-19(20)31(37)38/h3-12H,2H2,1H3,(H,28,32,34)/b17-9+. The minimum absolute atomic E-state index is 0.0420. The number of nitrogens with one attached hydrogen (secondary N) is 1. The van der Waals surface area contributed by atoms with E-state index in [0.717, 1.165) is 30.3 Å². The van der Waals surface area contributed by atoms with Crippen LogP contribution in [0.4, 0.5) is 26.2 Å². The smallest absolute Gasteiger partial charge is 0.335 e. The molecule has 0 spiro atoms. The highest BCUT2D eigenvalue weighted by molar-refractivity contribution is 14.1. The van der Waals surface area contributed by atoms with Gasteiger partial charge in [0, 0.05) is 6.07 Å². The summed E-state index contributed by atoms with van der Waals surface area (Å²) >= 11 is 1.85. The van der Waals surface area contributed by atoms with Crippen LogP contribution in [0, 0.1) is 29.6 Å². The number of nitrogens with zero attached hydrogens (tertiary/aromatic N) is 3. The molecule has 0 atom stereocenters. The molecule has 0 bridgehead atoms. The van der Waals surface area contributed by atoms with Gasteiger partial charge in [-0.1, -0.05) is 0 Å². The predicted molar refractivity (Wildman–Crippen MR) is 146 cm³/mol. The van der Waals surface area contributed by atoms with Gasteiger partial charge in [-0.25, -0.2) is 14.1 Å². The monoisotopic (exact) mass is 662 g/mol. The molecule has 1 fully saturated rings. The van der Waals surface area contributed by atoms with Gasteiger partial charge in [0.2, 0.25) is 5.75 Å². The third kappa shape index (κ3) is 5.73. The molecule has 3 aromatic carbocycles. The van der Waals surface area contributed by atoms with E-state index in [9.17, 15) is 39.0 Å². The molecule has 204 valence electrons. The average molecular weight is 662 g/mol. The van der Waals surface area contributed by atoms with E-state index in [-0.39, 0.29) is 35.1 Å². The van der Waals surface area contributed by atoms with Gasteiger partial charge in [-0.3, -0.25) is 35.1 Å². The van der Waals surface area contributed by atoms with Crippen molar-refractivity contribution in [3.8, 4) is 17.2 Å². The molecular formula is C25H16FIN4O9. The van der Waals surface area contributed by atoms with Crippen LogP contribution in [-0.4, -0.2) is 34.3 Å². The first kappa shape index (κ1) is 28.1. The van der Waals surface area contributed by atoms with Gasteiger partial charge < -0.3 is 9.47 Å². The number of non-ortho nitro benzene ring substituents is 1. The Balaban J connectivity index is 1.74. The van der Waals surface area contributed by atoms with E-state index in [2.05, 4.69) is 5.32 Å². The van der Waals surface area contributed by atoms with E-state index < -0.39 is 50.5 Å². The van der Waals surface area contributed by atoms with Gasteiger partial charge in [-0.2, -0.15) is 0 Å². The Morgan fingerprint density at radius 1 is 1.00 bits per heavy atom. The van der Waals surface area contributed by atoms with Crippen LogP contribution in [0.25, 0.3) is 6.08 Å². The first-order chi connectivity index (χ1) is 19.0. The Labute approximate surface area is 237 Å². The Bertz CT molecular complexity index is 1610. The largest absolute Gasteiger partial charge is 0.490 e. The maximum absolute atomic E-state index is 13.3. The quantitative estimate of drug-likeness (QED) is 0.113. The van der Waals surface area contributed by atoms with E-state index in [1.807, 2.05) is 22.6 Å². The molecule has 1 aliphatic heterocycles. The first-order valence-corrected chi connectivity index (χ1v) is 12.3. The number of benzene rings is 3. The van der Waals surface area contributed by atoms with Crippen molar-refractivity contribution in [3.05, 3.63) is 95.3 Å². The lowest BCUT2D eigenvalue weighted by molar-refractivity contribution is -0.394. The van der Waals surface area contributed by atoms with Gasteiger partial charge in [0.25, 0.3) is 17.5 Å². The number of urea groups is 1. The summed E-state index contributed by atoms with van der Waals surface area (Å²) in [6.07, 6.45) is 1.21. The van der Waals surface area contributed by atoms with Gasteiger partial charge >= 0.3 is 11.7 Å². The van der Waals surface area contributed by atoms with Crippen LogP contribution in [0.5, 0.6) is 17.2 Å². The highest BCUT2D eigenvalue weighted by atomic mass is 127. The third-order valence-electron chi connectivity index (χ3n) is 5.39. The van der Waals surface area contributed by atoms with E-state index >= 15 is 0 Å². The van der Waals surface area contributed by atoms with E-state index in [0.29, 0.717) is 8.47 Å². The molecule has 0 aromatic heterocycles. The summed E-state index contributed by atoms with van der Waals surface area (Å²) in [4.78, 5) is 59.7. The van der Waals surface area contributed by atoms with Gasteiger partial charge in [-0.05, 0) is 83.6 Å². The fourth-order valence-corrected chi connectivity index (χ4v) is 4.38. The number of rotatable bonds is 8. The van der Waals surface area contributed by atoms with Gasteiger partial charge in [0.15, 0.2) is 11.5 Å². The van der Waals surface area contributed by atoms with E-state index in [4.69, 9.17) is 9.47 Å². The number of hydrogen-bond acceptors (Lipinski definition) is 9. The third-order valence-corrected chi connectivity index (χ3v) is 6.19.